The molecule has 0 aliphatic rings. The summed E-state index contributed by atoms with van der Waals surface area (Å²) in [5, 5.41) is 0. The molecule has 0 aliphatic heterocycles. The lowest BCUT2D eigenvalue weighted by molar-refractivity contribution is -0.167. The molecule has 6 heteroatoms. The van der Waals surface area contributed by atoms with Crippen LogP contribution in [0.25, 0.3) is 0 Å². The zero-order valence-corrected chi connectivity index (χ0v) is 39.8. The first-order valence-electron chi connectivity index (χ1n) is 24.5. The molecule has 63 heavy (non-hydrogen) atoms. The third kappa shape index (κ3) is 48.2. The topological polar surface area (TPSA) is 78.9 Å². The third-order valence-corrected chi connectivity index (χ3v) is 9.53. The van der Waals surface area contributed by atoms with Gasteiger partial charge in [0.1, 0.15) is 13.2 Å². The van der Waals surface area contributed by atoms with Crippen molar-refractivity contribution < 1.29 is 28.6 Å². The molecular formula is C57H86O6. The Labute approximate surface area is 385 Å². The lowest BCUT2D eigenvalue weighted by Gasteiger charge is -2.18. The Kier molecular flexibility index (Phi) is 46.2. The van der Waals surface area contributed by atoms with Crippen LogP contribution >= 0.6 is 0 Å². The van der Waals surface area contributed by atoms with Crippen molar-refractivity contribution in [3.63, 3.8) is 0 Å². The minimum absolute atomic E-state index is 0.129. The summed E-state index contributed by atoms with van der Waals surface area (Å²) in [6.07, 6.45) is 71.2. The van der Waals surface area contributed by atoms with Gasteiger partial charge in [-0.15, -0.1) is 0 Å². The van der Waals surface area contributed by atoms with Crippen LogP contribution < -0.4 is 0 Å². The Morgan fingerprint density at radius 1 is 0.349 bits per heavy atom. The Balaban J connectivity index is 4.60. The van der Waals surface area contributed by atoms with Gasteiger partial charge in [-0.1, -0.05) is 212 Å². The van der Waals surface area contributed by atoms with Crippen molar-refractivity contribution in [2.45, 2.75) is 181 Å². The highest BCUT2D eigenvalue weighted by atomic mass is 16.6. The Morgan fingerprint density at radius 3 is 1.22 bits per heavy atom. The van der Waals surface area contributed by atoms with Gasteiger partial charge < -0.3 is 14.2 Å². The molecule has 6 nitrogen and oxygen atoms in total. The maximum atomic E-state index is 12.8. The van der Waals surface area contributed by atoms with Crippen LogP contribution in [0.2, 0.25) is 0 Å². The number of carbonyl (C=O) groups excluding carboxylic acids is 3. The summed E-state index contributed by atoms with van der Waals surface area (Å²) in [5.74, 6) is -1.06. The van der Waals surface area contributed by atoms with E-state index in [1.807, 2.05) is 54.7 Å². The van der Waals surface area contributed by atoms with Gasteiger partial charge in [-0.2, -0.15) is 0 Å². The first-order valence-corrected chi connectivity index (χ1v) is 24.5. The molecular weight excluding hydrogens is 781 g/mol. The molecule has 0 saturated heterocycles. The van der Waals surface area contributed by atoms with Crippen molar-refractivity contribution in [3.8, 4) is 0 Å². The fourth-order valence-corrected chi connectivity index (χ4v) is 5.91. The van der Waals surface area contributed by atoms with Crippen LogP contribution in [0.1, 0.15) is 175 Å². The predicted molar refractivity (Wildman–Crippen MR) is 269 cm³/mol. The van der Waals surface area contributed by atoms with Crippen molar-refractivity contribution in [2.24, 2.45) is 0 Å². The van der Waals surface area contributed by atoms with E-state index in [0.717, 1.165) is 109 Å². The van der Waals surface area contributed by atoms with Crippen LogP contribution in [0.3, 0.4) is 0 Å². The molecule has 0 aromatic carbocycles. The van der Waals surface area contributed by atoms with Crippen LogP contribution in [-0.4, -0.2) is 37.2 Å². The molecule has 0 saturated carbocycles. The molecule has 0 amide bonds. The third-order valence-electron chi connectivity index (χ3n) is 9.53. The van der Waals surface area contributed by atoms with Crippen molar-refractivity contribution in [1.82, 2.24) is 0 Å². The predicted octanol–water partition coefficient (Wildman–Crippen LogP) is 16.1. The van der Waals surface area contributed by atoms with E-state index in [4.69, 9.17) is 14.2 Å². The molecule has 0 heterocycles. The Morgan fingerprint density at radius 2 is 0.714 bits per heavy atom. The zero-order valence-electron chi connectivity index (χ0n) is 39.8. The highest BCUT2D eigenvalue weighted by molar-refractivity contribution is 5.71. The molecule has 1 unspecified atom stereocenters. The van der Waals surface area contributed by atoms with Crippen LogP contribution in [0.4, 0.5) is 0 Å². The standard InChI is InChI=1S/C57H86O6/c1-4-7-10-13-16-19-22-25-27-28-29-30-33-35-38-41-44-47-50-56(59)62-53-54(52-61-55(58)49-46-43-40-37-34-31-24-21-18-15-12-9-6-3)63-57(60)51-48-45-42-39-36-32-26-23-20-17-14-11-8-5-2/h8-9,11-12,15-22,24-32,34,37,40,54H,4-7,10,13-14,23,33,35-36,38-39,41-53H2,1-3H3/b11-8+,12-9+,18-15+,19-16+,20-17+,24-21+,25-22+,28-27+,30-29+,32-26+,34-31+,40-37+. The van der Waals surface area contributed by atoms with Crippen molar-refractivity contribution in [2.75, 3.05) is 13.2 Å². The summed E-state index contributed by atoms with van der Waals surface area (Å²) < 4.78 is 16.7. The molecule has 0 aromatic rings. The number of allylic oxidation sites excluding steroid dienone is 24. The number of hydrogen-bond donors (Lipinski definition) is 0. The van der Waals surface area contributed by atoms with Crippen LogP contribution in [0.5, 0.6) is 0 Å². The SMILES string of the molecule is CC/C=C/C=C/C=C/C=C/C=C/CCCC(=O)OCC(COC(=O)CCCCCCC/C=C/C=C/C=C/C=C/CCCCC)OC(=O)CCCCCC/C=C/C/C=C/C/C=C/CC. The van der Waals surface area contributed by atoms with Gasteiger partial charge in [0.15, 0.2) is 6.10 Å². The maximum absolute atomic E-state index is 12.8. The highest BCUT2D eigenvalue weighted by Crippen LogP contribution is 2.11. The minimum atomic E-state index is -0.834. The van der Waals surface area contributed by atoms with Crippen LogP contribution in [0.15, 0.2) is 146 Å². The summed E-state index contributed by atoms with van der Waals surface area (Å²) in [4.78, 5) is 37.9. The molecule has 1 atom stereocenters. The lowest BCUT2D eigenvalue weighted by atomic mass is 10.1. The smallest absolute Gasteiger partial charge is 0.306 e. The molecule has 0 rings (SSSR count). The van der Waals surface area contributed by atoms with Crippen LogP contribution in [0, 0.1) is 0 Å². The number of esters is 3. The van der Waals surface area contributed by atoms with Gasteiger partial charge in [0.2, 0.25) is 0 Å². The quantitative estimate of drug-likeness (QED) is 0.0200. The summed E-state index contributed by atoms with van der Waals surface area (Å²) in [7, 11) is 0. The molecule has 0 N–H and O–H groups in total. The molecule has 0 bridgehead atoms. The number of rotatable bonds is 41. The number of ether oxygens (including phenoxy) is 3. The fraction of sp³-hybridized carbons (Fsp3) is 0.526. The van der Waals surface area contributed by atoms with E-state index in [0.29, 0.717) is 12.8 Å². The van der Waals surface area contributed by atoms with E-state index in [2.05, 4.69) is 112 Å². The van der Waals surface area contributed by atoms with E-state index in [-0.39, 0.29) is 44.0 Å². The molecule has 0 spiro atoms. The van der Waals surface area contributed by atoms with E-state index in [1.165, 1.54) is 19.3 Å². The lowest BCUT2D eigenvalue weighted by Crippen LogP contribution is -2.30. The molecule has 0 aromatic heterocycles. The van der Waals surface area contributed by atoms with Gasteiger partial charge in [-0.3, -0.25) is 14.4 Å². The number of unbranched alkanes of at least 4 members (excludes halogenated alkanes) is 13. The molecule has 350 valence electrons. The number of hydrogen-bond acceptors (Lipinski definition) is 6. The largest absolute Gasteiger partial charge is 0.462 e. The van der Waals surface area contributed by atoms with Crippen molar-refractivity contribution in [1.29, 1.82) is 0 Å². The second kappa shape index (κ2) is 49.9. The summed E-state index contributed by atoms with van der Waals surface area (Å²) in [5.41, 5.74) is 0. The summed E-state index contributed by atoms with van der Waals surface area (Å²) in [6, 6.07) is 0. The Hall–Kier alpha value is -4.71. The van der Waals surface area contributed by atoms with Gasteiger partial charge in [0.05, 0.1) is 0 Å². The van der Waals surface area contributed by atoms with Gasteiger partial charge >= 0.3 is 17.9 Å². The molecule has 0 fully saturated rings. The van der Waals surface area contributed by atoms with E-state index < -0.39 is 6.10 Å². The normalized spacial score (nSPS) is 13.4. The van der Waals surface area contributed by atoms with Crippen LogP contribution in [-0.2, 0) is 28.6 Å². The van der Waals surface area contributed by atoms with E-state index in [9.17, 15) is 14.4 Å². The van der Waals surface area contributed by atoms with Crippen molar-refractivity contribution >= 4 is 17.9 Å². The second-order valence-electron chi connectivity index (χ2n) is 15.5. The van der Waals surface area contributed by atoms with E-state index in [1.54, 1.807) is 0 Å². The minimum Gasteiger partial charge on any atom is -0.462 e. The highest BCUT2D eigenvalue weighted by Gasteiger charge is 2.19. The van der Waals surface area contributed by atoms with Gasteiger partial charge in [0.25, 0.3) is 0 Å². The zero-order chi connectivity index (χ0) is 45.8. The van der Waals surface area contributed by atoms with Gasteiger partial charge in [-0.25, -0.2) is 0 Å². The van der Waals surface area contributed by atoms with Crippen molar-refractivity contribution in [3.05, 3.63) is 146 Å². The van der Waals surface area contributed by atoms with Gasteiger partial charge in [-0.05, 0) is 89.9 Å². The Bertz CT molecular complexity index is 1460. The number of carbonyl (C=O) groups is 3. The molecule has 0 aliphatic carbocycles. The average Bonchev–Trinajstić information content (AvgIpc) is 3.28. The second-order valence-corrected chi connectivity index (χ2v) is 15.5. The monoisotopic (exact) mass is 867 g/mol. The molecule has 0 radical (unpaired) electrons. The first-order chi connectivity index (χ1) is 31.0. The summed E-state index contributed by atoms with van der Waals surface area (Å²) >= 11 is 0. The van der Waals surface area contributed by atoms with E-state index >= 15 is 0 Å². The van der Waals surface area contributed by atoms with Gasteiger partial charge in [0, 0.05) is 19.3 Å². The average molecular weight is 867 g/mol. The summed E-state index contributed by atoms with van der Waals surface area (Å²) in [6.45, 7) is 6.20. The maximum Gasteiger partial charge on any atom is 0.306 e. The first kappa shape index (κ1) is 58.3. The fourth-order valence-electron chi connectivity index (χ4n) is 5.91.